The standard InChI is InChI=1S/C25H22ClN5O3S/c1-30-14-19(18-11-23(29-24(18)25(30)32)15-12-27-31(2)13-15)17-10-16(35(3,33)34)8-9-21(17)28-22-7-5-4-6-20(22)26/h4-14,28-29H,1-3H3. The van der Waals surface area contributed by atoms with Gasteiger partial charge in [0, 0.05) is 66.2 Å². The minimum absolute atomic E-state index is 0.169. The second kappa shape index (κ2) is 8.44. The van der Waals surface area contributed by atoms with Crippen molar-refractivity contribution in [1.29, 1.82) is 0 Å². The number of aromatic amines is 1. The number of rotatable bonds is 5. The highest BCUT2D eigenvalue weighted by Gasteiger charge is 2.19. The van der Waals surface area contributed by atoms with Gasteiger partial charge in [-0.2, -0.15) is 5.10 Å². The number of para-hydroxylation sites is 1. The topological polar surface area (TPSA) is 102 Å². The molecule has 0 aliphatic rings. The van der Waals surface area contributed by atoms with E-state index >= 15 is 0 Å². The molecule has 0 saturated carbocycles. The SMILES string of the molecule is Cn1cc(-c2cc3c(-c4cc(S(C)(=O)=O)ccc4Nc4ccccc4Cl)cn(C)c(=O)c3[nH]2)cn1. The average molecular weight is 508 g/mol. The van der Waals surface area contributed by atoms with Crippen molar-refractivity contribution < 1.29 is 8.42 Å². The van der Waals surface area contributed by atoms with Gasteiger partial charge in [0.25, 0.3) is 5.56 Å². The van der Waals surface area contributed by atoms with Crippen LogP contribution in [0.3, 0.4) is 0 Å². The molecule has 0 unspecified atom stereocenters. The van der Waals surface area contributed by atoms with E-state index in [2.05, 4.69) is 15.4 Å². The lowest BCUT2D eigenvalue weighted by Crippen LogP contribution is -2.16. The molecule has 0 saturated heterocycles. The molecule has 3 aromatic heterocycles. The van der Waals surface area contributed by atoms with E-state index in [0.29, 0.717) is 38.4 Å². The summed E-state index contributed by atoms with van der Waals surface area (Å²) in [6, 6.07) is 14.1. The van der Waals surface area contributed by atoms with Gasteiger partial charge in [-0.1, -0.05) is 23.7 Å². The van der Waals surface area contributed by atoms with Crippen LogP contribution in [0, 0.1) is 0 Å². The predicted octanol–water partition coefficient (Wildman–Crippen LogP) is 4.73. The van der Waals surface area contributed by atoms with Crippen molar-refractivity contribution in [3.63, 3.8) is 0 Å². The lowest BCUT2D eigenvalue weighted by atomic mass is 10.0. The first kappa shape index (κ1) is 22.9. The Bertz CT molecular complexity index is 1770. The number of aromatic nitrogens is 4. The van der Waals surface area contributed by atoms with Crippen molar-refractivity contribution in [2.24, 2.45) is 14.1 Å². The van der Waals surface area contributed by atoms with E-state index < -0.39 is 9.84 Å². The van der Waals surface area contributed by atoms with Crippen molar-refractivity contribution in [2.45, 2.75) is 4.90 Å². The Balaban J connectivity index is 1.79. The van der Waals surface area contributed by atoms with E-state index in [1.807, 2.05) is 37.5 Å². The quantitative estimate of drug-likeness (QED) is 0.358. The highest BCUT2D eigenvalue weighted by Crippen LogP contribution is 2.38. The van der Waals surface area contributed by atoms with Crippen molar-refractivity contribution in [3.05, 3.63) is 82.5 Å². The number of pyridine rings is 1. The summed E-state index contributed by atoms with van der Waals surface area (Å²) < 4.78 is 28.0. The molecule has 178 valence electrons. The van der Waals surface area contributed by atoms with Crippen LogP contribution in [-0.4, -0.2) is 34.0 Å². The van der Waals surface area contributed by atoms with Crippen molar-refractivity contribution in [3.8, 4) is 22.4 Å². The highest BCUT2D eigenvalue weighted by molar-refractivity contribution is 7.90. The first-order valence-corrected chi connectivity index (χ1v) is 13.0. The largest absolute Gasteiger partial charge is 0.354 e. The smallest absolute Gasteiger partial charge is 0.274 e. The summed E-state index contributed by atoms with van der Waals surface area (Å²) in [5.41, 5.74) is 4.41. The number of aryl methyl sites for hydroxylation is 2. The fourth-order valence-electron chi connectivity index (χ4n) is 4.06. The zero-order valence-corrected chi connectivity index (χ0v) is 20.8. The van der Waals surface area contributed by atoms with Crippen LogP contribution < -0.4 is 10.9 Å². The third kappa shape index (κ3) is 4.24. The number of sulfone groups is 1. The van der Waals surface area contributed by atoms with Crippen molar-refractivity contribution in [2.75, 3.05) is 11.6 Å². The van der Waals surface area contributed by atoms with Crippen LogP contribution >= 0.6 is 11.6 Å². The molecule has 5 rings (SSSR count). The molecule has 0 aliphatic heterocycles. The molecule has 8 nitrogen and oxygen atoms in total. The zero-order valence-electron chi connectivity index (χ0n) is 19.2. The fraction of sp³-hybridized carbons (Fsp3) is 0.120. The number of fused-ring (bicyclic) bond motifs is 1. The van der Waals surface area contributed by atoms with Gasteiger partial charge in [0.2, 0.25) is 0 Å². The van der Waals surface area contributed by atoms with E-state index in [4.69, 9.17) is 11.6 Å². The van der Waals surface area contributed by atoms with Gasteiger partial charge in [0.15, 0.2) is 9.84 Å². The number of hydrogen-bond donors (Lipinski definition) is 2. The summed E-state index contributed by atoms with van der Waals surface area (Å²) in [7, 11) is 0.00464. The van der Waals surface area contributed by atoms with Crippen molar-refractivity contribution in [1.82, 2.24) is 19.3 Å². The Morgan fingerprint density at radius 2 is 1.77 bits per heavy atom. The number of nitrogens with zero attached hydrogens (tertiary/aromatic N) is 3. The molecule has 0 fully saturated rings. The second-order valence-corrected chi connectivity index (χ2v) is 10.8. The second-order valence-electron chi connectivity index (χ2n) is 8.42. The van der Waals surface area contributed by atoms with E-state index in [-0.39, 0.29) is 10.5 Å². The Kier molecular flexibility index (Phi) is 5.53. The van der Waals surface area contributed by atoms with Gasteiger partial charge in [0.1, 0.15) is 5.52 Å². The molecule has 0 radical (unpaired) electrons. The van der Waals surface area contributed by atoms with Crippen LogP contribution in [0.1, 0.15) is 0 Å². The molecule has 5 aromatic rings. The summed E-state index contributed by atoms with van der Waals surface area (Å²) >= 11 is 6.37. The summed E-state index contributed by atoms with van der Waals surface area (Å²) in [5.74, 6) is 0. The van der Waals surface area contributed by atoms with E-state index in [1.165, 1.54) is 10.8 Å². The molecule has 2 aromatic carbocycles. The van der Waals surface area contributed by atoms with Gasteiger partial charge in [0.05, 0.1) is 21.8 Å². The van der Waals surface area contributed by atoms with Crippen LogP contribution in [0.15, 0.2) is 76.8 Å². The molecule has 10 heteroatoms. The van der Waals surface area contributed by atoms with Gasteiger partial charge in [-0.3, -0.25) is 9.48 Å². The molecule has 35 heavy (non-hydrogen) atoms. The van der Waals surface area contributed by atoms with Crippen LogP contribution in [0.4, 0.5) is 11.4 Å². The van der Waals surface area contributed by atoms with Gasteiger partial charge >= 0.3 is 0 Å². The van der Waals surface area contributed by atoms with Crippen LogP contribution in [0.5, 0.6) is 0 Å². The van der Waals surface area contributed by atoms with Crippen LogP contribution in [0.2, 0.25) is 5.02 Å². The lowest BCUT2D eigenvalue weighted by Gasteiger charge is -2.16. The minimum Gasteiger partial charge on any atom is -0.354 e. The fourth-order valence-corrected chi connectivity index (χ4v) is 4.89. The monoisotopic (exact) mass is 507 g/mol. The Hall–Kier alpha value is -3.82. The first-order valence-electron chi connectivity index (χ1n) is 10.7. The minimum atomic E-state index is -3.48. The van der Waals surface area contributed by atoms with Crippen LogP contribution in [-0.2, 0) is 23.9 Å². The molecule has 0 aliphatic carbocycles. The molecule has 2 N–H and O–H groups in total. The van der Waals surface area contributed by atoms with E-state index in [1.54, 1.807) is 48.4 Å². The number of halogens is 1. The Labute approximate surface area is 206 Å². The third-order valence-corrected chi connectivity index (χ3v) is 7.27. The number of H-pyrrole nitrogens is 1. The summed E-state index contributed by atoms with van der Waals surface area (Å²) in [6.45, 7) is 0. The molecular weight excluding hydrogens is 486 g/mol. The maximum atomic E-state index is 13.0. The Morgan fingerprint density at radius 1 is 1.00 bits per heavy atom. The summed E-state index contributed by atoms with van der Waals surface area (Å²) in [4.78, 5) is 16.4. The number of anilines is 2. The first-order chi connectivity index (χ1) is 16.6. The zero-order chi connectivity index (χ0) is 24.9. The molecular formula is C25H22ClN5O3S. The molecule has 0 atom stereocenters. The van der Waals surface area contributed by atoms with Gasteiger partial charge < -0.3 is 14.9 Å². The molecule has 0 spiro atoms. The third-order valence-electron chi connectivity index (χ3n) is 5.83. The Morgan fingerprint density at radius 3 is 2.46 bits per heavy atom. The predicted molar refractivity (Wildman–Crippen MR) is 139 cm³/mol. The number of benzene rings is 2. The van der Waals surface area contributed by atoms with E-state index in [9.17, 15) is 13.2 Å². The maximum absolute atomic E-state index is 13.0. The molecule has 3 heterocycles. The van der Waals surface area contributed by atoms with Crippen LogP contribution in [0.25, 0.3) is 33.3 Å². The summed E-state index contributed by atoms with van der Waals surface area (Å²) in [6.07, 6.45) is 6.44. The molecule has 0 bridgehead atoms. The van der Waals surface area contributed by atoms with Gasteiger partial charge in [-0.05, 0) is 36.4 Å². The van der Waals surface area contributed by atoms with Crippen molar-refractivity contribution >= 4 is 43.7 Å². The maximum Gasteiger partial charge on any atom is 0.274 e. The average Bonchev–Trinajstić information content (AvgIpc) is 3.44. The van der Waals surface area contributed by atoms with Gasteiger partial charge in [-0.25, -0.2) is 8.42 Å². The number of hydrogen-bond acceptors (Lipinski definition) is 5. The summed E-state index contributed by atoms with van der Waals surface area (Å²) in [5, 5.41) is 8.73. The number of nitrogens with one attached hydrogen (secondary N) is 2. The lowest BCUT2D eigenvalue weighted by molar-refractivity contribution is 0.602. The highest BCUT2D eigenvalue weighted by atomic mass is 35.5. The van der Waals surface area contributed by atoms with E-state index in [0.717, 1.165) is 11.3 Å². The molecule has 0 amide bonds. The van der Waals surface area contributed by atoms with Gasteiger partial charge in [-0.15, -0.1) is 0 Å². The normalized spacial score (nSPS) is 11.8.